The van der Waals surface area contributed by atoms with Crippen molar-refractivity contribution >= 4 is 39.9 Å². The van der Waals surface area contributed by atoms with Crippen LogP contribution in [0.2, 0.25) is 0 Å². The molecule has 0 aliphatic carbocycles. The van der Waals surface area contributed by atoms with Crippen LogP contribution in [0.15, 0.2) is 28.1 Å². The van der Waals surface area contributed by atoms with Gasteiger partial charge in [0.15, 0.2) is 0 Å². The van der Waals surface area contributed by atoms with Crippen LogP contribution in [0.1, 0.15) is 11.3 Å². The van der Waals surface area contributed by atoms with Gasteiger partial charge in [0.25, 0.3) is 0 Å². The smallest absolute Gasteiger partial charge is 0.123 e. The Morgan fingerprint density at radius 2 is 2.25 bits per heavy atom. The summed E-state index contributed by atoms with van der Waals surface area (Å²) in [6, 6.07) is 6.29. The van der Waals surface area contributed by atoms with Crippen molar-refractivity contribution in [3.8, 4) is 10.6 Å². The number of aryl methyl sites for hydroxylation is 2. The molecule has 1 heterocycles. The Hall–Kier alpha value is -0.320. The minimum absolute atomic E-state index is 0.848. The van der Waals surface area contributed by atoms with Crippen LogP contribution < -0.4 is 0 Å². The molecule has 2 rings (SSSR count). The quantitative estimate of drug-likeness (QED) is 0.831. The molecule has 0 unspecified atom stereocenters. The predicted octanol–water partition coefficient (Wildman–Crippen LogP) is 4.35. The molecule has 0 aliphatic rings. The van der Waals surface area contributed by atoms with Crippen molar-refractivity contribution < 1.29 is 0 Å². The highest BCUT2D eigenvalue weighted by Crippen LogP contribution is 2.29. The Kier molecular flexibility index (Phi) is 4.05. The van der Waals surface area contributed by atoms with Crippen molar-refractivity contribution in [2.45, 2.75) is 13.3 Å². The Labute approximate surface area is 113 Å². The molecule has 4 heteroatoms. The van der Waals surface area contributed by atoms with E-state index < -0.39 is 0 Å². The van der Waals surface area contributed by atoms with E-state index in [1.165, 1.54) is 11.1 Å². The number of rotatable bonds is 3. The van der Waals surface area contributed by atoms with Gasteiger partial charge in [-0.2, -0.15) is 12.6 Å². The normalized spacial score (nSPS) is 10.7. The molecule has 0 bridgehead atoms. The van der Waals surface area contributed by atoms with Crippen LogP contribution in [0.4, 0.5) is 0 Å². The topological polar surface area (TPSA) is 12.9 Å². The number of nitrogens with zero attached hydrogens (tertiary/aromatic N) is 1. The molecule has 0 aliphatic heterocycles. The fraction of sp³-hybridized carbons (Fsp3) is 0.250. The summed E-state index contributed by atoms with van der Waals surface area (Å²) in [6.07, 6.45) is 0.937. The average Bonchev–Trinajstić information content (AvgIpc) is 2.71. The number of aromatic nitrogens is 1. The van der Waals surface area contributed by atoms with Gasteiger partial charge in [-0.3, -0.25) is 0 Å². The first-order valence-corrected chi connectivity index (χ1v) is 7.33. The SMILES string of the molecule is Cc1ccc(Br)cc1-c1nc(CCS)cs1. The highest BCUT2D eigenvalue weighted by molar-refractivity contribution is 9.10. The Balaban J connectivity index is 2.38. The minimum atomic E-state index is 0.848. The van der Waals surface area contributed by atoms with Crippen LogP contribution in [0.25, 0.3) is 10.6 Å². The van der Waals surface area contributed by atoms with Crippen molar-refractivity contribution in [2.24, 2.45) is 0 Å². The van der Waals surface area contributed by atoms with Crippen LogP contribution >= 0.6 is 39.9 Å². The summed E-state index contributed by atoms with van der Waals surface area (Å²) in [7, 11) is 0. The summed E-state index contributed by atoms with van der Waals surface area (Å²) < 4.78 is 1.10. The number of thiazole rings is 1. The predicted molar refractivity (Wildman–Crippen MR) is 77.5 cm³/mol. The van der Waals surface area contributed by atoms with Crippen LogP contribution in [0.5, 0.6) is 0 Å². The maximum Gasteiger partial charge on any atom is 0.123 e. The van der Waals surface area contributed by atoms with Crippen LogP contribution in [0, 0.1) is 6.92 Å². The maximum absolute atomic E-state index is 4.62. The van der Waals surface area contributed by atoms with E-state index in [4.69, 9.17) is 0 Å². The average molecular weight is 314 g/mol. The largest absolute Gasteiger partial charge is 0.241 e. The monoisotopic (exact) mass is 313 g/mol. The molecule has 0 atom stereocenters. The molecule has 0 saturated carbocycles. The summed E-state index contributed by atoms with van der Waals surface area (Å²) >= 11 is 9.42. The van der Waals surface area contributed by atoms with E-state index >= 15 is 0 Å². The van der Waals surface area contributed by atoms with Crippen LogP contribution in [-0.2, 0) is 6.42 Å². The summed E-state index contributed by atoms with van der Waals surface area (Å²) in [5, 5.41) is 3.21. The molecule has 1 aromatic heterocycles. The lowest BCUT2D eigenvalue weighted by atomic mass is 10.1. The third-order valence-corrected chi connectivity index (χ3v) is 3.99. The zero-order valence-electron chi connectivity index (χ0n) is 8.90. The first kappa shape index (κ1) is 12.1. The summed E-state index contributed by atoms with van der Waals surface area (Å²) in [6.45, 7) is 2.11. The van der Waals surface area contributed by atoms with Crippen molar-refractivity contribution in [2.75, 3.05) is 5.75 Å². The van der Waals surface area contributed by atoms with Crippen molar-refractivity contribution in [1.82, 2.24) is 4.98 Å². The lowest BCUT2D eigenvalue weighted by Crippen LogP contribution is -1.87. The number of benzene rings is 1. The van der Waals surface area contributed by atoms with E-state index in [1.807, 2.05) is 0 Å². The van der Waals surface area contributed by atoms with Crippen LogP contribution in [-0.4, -0.2) is 10.7 Å². The highest BCUT2D eigenvalue weighted by atomic mass is 79.9. The molecule has 0 amide bonds. The standard InChI is InChI=1S/C12H12BrNS2/c1-8-2-3-9(13)6-11(8)12-14-10(4-5-15)7-16-12/h2-3,6-7,15H,4-5H2,1H3. The molecule has 0 spiro atoms. The maximum atomic E-state index is 4.62. The molecule has 16 heavy (non-hydrogen) atoms. The lowest BCUT2D eigenvalue weighted by molar-refractivity contribution is 1.08. The Morgan fingerprint density at radius 1 is 1.44 bits per heavy atom. The van der Waals surface area contributed by atoms with Gasteiger partial charge < -0.3 is 0 Å². The van der Waals surface area contributed by atoms with Gasteiger partial charge in [0.1, 0.15) is 5.01 Å². The molecule has 1 nitrogen and oxygen atoms in total. The van der Waals surface area contributed by atoms with E-state index in [0.29, 0.717) is 0 Å². The second-order valence-electron chi connectivity index (χ2n) is 3.58. The van der Waals surface area contributed by atoms with Crippen molar-refractivity contribution in [3.05, 3.63) is 39.3 Å². The lowest BCUT2D eigenvalue weighted by Gasteiger charge is -2.02. The van der Waals surface area contributed by atoms with E-state index in [-0.39, 0.29) is 0 Å². The van der Waals surface area contributed by atoms with Crippen LogP contribution in [0.3, 0.4) is 0 Å². The second kappa shape index (κ2) is 5.34. The molecule has 84 valence electrons. The minimum Gasteiger partial charge on any atom is -0.241 e. The third-order valence-electron chi connectivity index (χ3n) is 2.35. The second-order valence-corrected chi connectivity index (χ2v) is 5.80. The number of halogens is 1. The first-order valence-electron chi connectivity index (χ1n) is 5.02. The Morgan fingerprint density at radius 3 is 3.00 bits per heavy atom. The van der Waals surface area contributed by atoms with Crippen molar-refractivity contribution in [1.29, 1.82) is 0 Å². The molecule has 1 aromatic carbocycles. The number of hydrogen-bond donors (Lipinski definition) is 1. The zero-order valence-corrected chi connectivity index (χ0v) is 12.2. The molecule has 2 aromatic rings. The number of thiol groups is 1. The molecule has 0 N–H and O–H groups in total. The molecular weight excluding hydrogens is 302 g/mol. The van der Waals surface area contributed by atoms with Gasteiger partial charge in [-0.1, -0.05) is 22.0 Å². The zero-order chi connectivity index (χ0) is 11.5. The fourth-order valence-electron chi connectivity index (χ4n) is 1.48. The highest BCUT2D eigenvalue weighted by Gasteiger charge is 2.07. The van der Waals surface area contributed by atoms with Gasteiger partial charge in [-0.05, 0) is 36.8 Å². The van der Waals surface area contributed by atoms with Gasteiger partial charge >= 0.3 is 0 Å². The van der Waals surface area contributed by atoms with E-state index in [9.17, 15) is 0 Å². The summed E-state index contributed by atoms with van der Waals surface area (Å²) in [5.74, 6) is 0.848. The number of hydrogen-bond acceptors (Lipinski definition) is 3. The summed E-state index contributed by atoms with van der Waals surface area (Å²) in [4.78, 5) is 4.62. The summed E-state index contributed by atoms with van der Waals surface area (Å²) in [5.41, 5.74) is 3.61. The fourth-order valence-corrected chi connectivity index (χ4v) is 3.01. The van der Waals surface area contributed by atoms with Gasteiger partial charge in [-0.15, -0.1) is 11.3 Å². The molecule has 0 radical (unpaired) electrons. The van der Waals surface area contributed by atoms with E-state index in [1.54, 1.807) is 11.3 Å². The third kappa shape index (κ3) is 2.67. The van der Waals surface area contributed by atoms with Gasteiger partial charge in [0.2, 0.25) is 0 Å². The van der Waals surface area contributed by atoms with Gasteiger partial charge in [0.05, 0.1) is 5.69 Å². The van der Waals surface area contributed by atoms with Gasteiger partial charge in [-0.25, -0.2) is 4.98 Å². The van der Waals surface area contributed by atoms with E-state index in [2.05, 4.69) is 64.0 Å². The first-order chi connectivity index (χ1) is 7.70. The van der Waals surface area contributed by atoms with E-state index in [0.717, 1.165) is 27.3 Å². The molecule has 0 saturated heterocycles. The van der Waals surface area contributed by atoms with Crippen molar-refractivity contribution in [3.63, 3.8) is 0 Å². The molecular formula is C12H12BrNS2. The Bertz CT molecular complexity index is 494. The van der Waals surface area contributed by atoms with Gasteiger partial charge in [0, 0.05) is 15.4 Å². The molecule has 0 fully saturated rings.